The van der Waals surface area contributed by atoms with Crippen molar-refractivity contribution in [2.24, 2.45) is 0 Å². The van der Waals surface area contributed by atoms with Gasteiger partial charge in [-0.1, -0.05) is 12.1 Å². The van der Waals surface area contributed by atoms with E-state index < -0.39 is 22.0 Å². The predicted molar refractivity (Wildman–Crippen MR) is 97.8 cm³/mol. The summed E-state index contributed by atoms with van der Waals surface area (Å²) in [4.78, 5) is 47.8. The number of benzene rings is 1. The number of ether oxygens (including phenoxy) is 1. The summed E-state index contributed by atoms with van der Waals surface area (Å²) in [5, 5.41) is 12.9. The highest BCUT2D eigenvalue weighted by Crippen LogP contribution is 2.32. The number of hydrogen-bond acceptors (Lipinski definition) is 7. The Hall–Kier alpha value is -2.72. The molecule has 1 atom stereocenters. The molecule has 2 aliphatic rings. The molecule has 3 amide bonds. The third-order valence-corrected chi connectivity index (χ3v) is 5.01. The number of nitro benzene ring substituents is 1. The predicted octanol–water partition coefficient (Wildman–Crippen LogP) is 1.93. The highest BCUT2D eigenvalue weighted by Gasteiger charge is 2.36. The van der Waals surface area contributed by atoms with Crippen molar-refractivity contribution in [3.63, 3.8) is 0 Å². The number of hydrogen-bond donors (Lipinski definition) is 1. The van der Waals surface area contributed by atoms with E-state index in [4.69, 9.17) is 4.74 Å². The van der Waals surface area contributed by atoms with Crippen LogP contribution in [0, 0.1) is 10.1 Å². The molecule has 3 rings (SSSR count). The van der Waals surface area contributed by atoms with E-state index in [9.17, 15) is 24.5 Å². The molecule has 2 saturated heterocycles. The molecule has 0 spiro atoms. The molecule has 0 saturated carbocycles. The molecule has 9 nitrogen and oxygen atoms in total. The Balaban J connectivity index is 1.63. The lowest BCUT2D eigenvalue weighted by atomic mass is 10.2. The summed E-state index contributed by atoms with van der Waals surface area (Å²) in [6.07, 6.45) is 3.19. The molecule has 0 radical (unpaired) electrons. The number of carbonyl (C=O) groups excluding carboxylic acids is 3. The number of imide groups is 1. The van der Waals surface area contributed by atoms with Crippen molar-refractivity contribution in [1.29, 1.82) is 0 Å². The molecular formula is C17H17N3O6S. The fraction of sp³-hybridized carbons (Fsp3) is 0.353. The Bertz CT molecular complexity index is 819. The zero-order chi connectivity index (χ0) is 19.4. The highest BCUT2D eigenvalue weighted by atomic mass is 32.2. The van der Waals surface area contributed by atoms with Gasteiger partial charge in [0.15, 0.2) is 0 Å². The van der Waals surface area contributed by atoms with Crippen LogP contribution in [0.1, 0.15) is 18.4 Å². The van der Waals surface area contributed by atoms with Crippen LogP contribution in [0.2, 0.25) is 0 Å². The highest BCUT2D eigenvalue weighted by molar-refractivity contribution is 8.18. The normalized spacial score (nSPS) is 21.1. The van der Waals surface area contributed by atoms with Crippen molar-refractivity contribution >= 4 is 40.6 Å². The van der Waals surface area contributed by atoms with E-state index >= 15 is 0 Å². The van der Waals surface area contributed by atoms with Crippen LogP contribution >= 0.6 is 11.8 Å². The van der Waals surface area contributed by atoms with Crippen LogP contribution in [-0.4, -0.2) is 52.7 Å². The summed E-state index contributed by atoms with van der Waals surface area (Å²) < 4.78 is 5.40. The average molecular weight is 391 g/mol. The molecule has 27 heavy (non-hydrogen) atoms. The number of nitrogens with zero attached hydrogens (tertiary/aromatic N) is 2. The average Bonchev–Trinajstić information content (AvgIpc) is 3.24. The molecule has 2 fully saturated rings. The van der Waals surface area contributed by atoms with E-state index in [2.05, 4.69) is 5.32 Å². The number of amides is 3. The summed E-state index contributed by atoms with van der Waals surface area (Å²) >= 11 is 0.700. The molecule has 1 N–H and O–H groups in total. The Morgan fingerprint density at radius 1 is 1.44 bits per heavy atom. The summed E-state index contributed by atoms with van der Waals surface area (Å²) in [5.74, 6) is -1.03. The van der Waals surface area contributed by atoms with Crippen LogP contribution < -0.4 is 5.32 Å². The maximum atomic E-state index is 12.4. The number of thioether (sulfide) groups is 1. The van der Waals surface area contributed by atoms with Crippen LogP contribution in [0.4, 0.5) is 10.5 Å². The third-order valence-electron chi connectivity index (χ3n) is 4.10. The summed E-state index contributed by atoms with van der Waals surface area (Å²) in [5.41, 5.74) is 0.314. The molecule has 1 aromatic carbocycles. The standard InChI is InChI=1S/C17H17N3O6S/c21-15(18-9-13-5-2-6-26-13)10-19-16(22)14(27-17(19)23)8-11-3-1-4-12(7-11)20(24)25/h1,3-4,7-8,13H,2,5-6,9-10H2,(H,18,21)/b14-8-/t13-/m1/s1. The molecular weight excluding hydrogens is 374 g/mol. The Kier molecular flexibility index (Phi) is 5.87. The molecule has 0 bridgehead atoms. The largest absolute Gasteiger partial charge is 0.376 e. The van der Waals surface area contributed by atoms with Gasteiger partial charge in [0.05, 0.1) is 15.9 Å². The summed E-state index contributed by atoms with van der Waals surface area (Å²) in [6, 6.07) is 5.73. The Morgan fingerprint density at radius 3 is 2.96 bits per heavy atom. The maximum absolute atomic E-state index is 12.4. The zero-order valence-electron chi connectivity index (χ0n) is 14.3. The maximum Gasteiger partial charge on any atom is 0.294 e. The SMILES string of the molecule is O=C(CN1C(=O)S/C(=C\c2cccc([N+](=O)[O-])c2)C1=O)NC[C@H]1CCCO1. The van der Waals surface area contributed by atoms with Crippen molar-refractivity contribution in [3.05, 3.63) is 44.8 Å². The molecule has 2 heterocycles. The number of non-ortho nitro benzene ring substituents is 1. The Morgan fingerprint density at radius 2 is 2.26 bits per heavy atom. The second-order valence-corrected chi connectivity index (χ2v) is 7.05. The molecule has 2 aliphatic heterocycles. The van der Waals surface area contributed by atoms with E-state index in [1.807, 2.05) is 0 Å². The molecule has 0 unspecified atom stereocenters. The van der Waals surface area contributed by atoms with Crippen LogP contribution in [-0.2, 0) is 14.3 Å². The summed E-state index contributed by atoms with van der Waals surface area (Å²) in [6.45, 7) is 0.647. The smallest absolute Gasteiger partial charge is 0.294 e. The van der Waals surface area contributed by atoms with Gasteiger partial charge in [-0.2, -0.15) is 0 Å². The van der Waals surface area contributed by atoms with Crippen LogP contribution in [0.3, 0.4) is 0 Å². The van der Waals surface area contributed by atoms with E-state index in [0.717, 1.165) is 17.7 Å². The molecule has 142 valence electrons. The third kappa shape index (κ3) is 4.72. The molecule has 0 aliphatic carbocycles. The van der Waals surface area contributed by atoms with Gasteiger partial charge in [-0.3, -0.25) is 29.4 Å². The monoisotopic (exact) mass is 391 g/mol. The van der Waals surface area contributed by atoms with Crippen molar-refractivity contribution in [2.45, 2.75) is 18.9 Å². The Labute approximate surface area is 158 Å². The number of rotatable bonds is 6. The van der Waals surface area contributed by atoms with Crippen molar-refractivity contribution in [2.75, 3.05) is 19.7 Å². The zero-order valence-corrected chi connectivity index (χ0v) is 15.1. The number of carbonyl (C=O) groups is 3. The van der Waals surface area contributed by atoms with Crippen LogP contribution in [0.25, 0.3) is 6.08 Å². The van der Waals surface area contributed by atoms with Crippen molar-refractivity contribution in [3.8, 4) is 0 Å². The lowest BCUT2D eigenvalue weighted by Gasteiger charge is -2.14. The quantitative estimate of drug-likeness (QED) is 0.447. The van der Waals surface area contributed by atoms with E-state index in [0.29, 0.717) is 30.5 Å². The first-order valence-corrected chi connectivity index (χ1v) is 9.14. The summed E-state index contributed by atoms with van der Waals surface area (Å²) in [7, 11) is 0. The first kappa shape index (κ1) is 19.1. The fourth-order valence-electron chi connectivity index (χ4n) is 2.75. The van der Waals surface area contributed by atoms with E-state index in [-0.39, 0.29) is 23.2 Å². The first-order valence-electron chi connectivity index (χ1n) is 8.32. The topological polar surface area (TPSA) is 119 Å². The van der Waals surface area contributed by atoms with Crippen LogP contribution in [0.15, 0.2) is 29.2 Å². The number of nitrogens with one attached hydrogen (secondary N) is 1. The van der Waals surface area contributed by atoms with Gasteiger partial charge in [-0.05, 0) is 36.2 Å². The van der Waals surface area contributed by atoms with Gasteiger partial charge in [0.25, 0.3) is 16.8 Å². The minimum Gasteiger partial charge on any atom is -0.376 e. The minimum atomic E-state index is -0.594. The lowest BCUT2D eigenvalue weighted by Crippen LogP contribution is -2.41. The van der Waals surface area contributed by atoms with Crippen LogP contribution in [0.5, 0.6) is 0 Å². The van der Waals surface area contributed by atoms with Gasteiger partial charge >= 0.3 is 0 Å². The molecule has 0 aromatic heterocycles. The van der Waals surface area contributed by atoms with E-state index in [1.54, 1.807) is 6.07 Å². The first-order chi connectivity index (χ1) is 12.9. The second-order valence-electron chi connectivity index (χ2n) is 6.06. The van der Waals surface area contributed by atoms with Gasteiger partial charge < -0.3 is 10.1 Å². The van der Waals surface area contributed by atoms with Gasteiger partial charge in [0.1, 0.15) is 6.54 Å². The van der Waals surface area contributed by atoms with Gasteiger partial charge in [-0.25, -0.2) is 0 Å². The van der Waals surface area contributed by atoms with Gasteiger partial charge in [0.2, 0.25) is 5.91 Å². The van der Waals surface area contributed by atoms with Crippen molar-refractivity contribution < 1.29 is 24.0 Å². The van der Waals surface area contributed by atoms with Gasteiger partial charge in [-0.15, -0.1) is 0 Å². The molecule has 1 aromatic rings. The lowest BCUT2D eigenvalue weighted by molar-refractivity contribution is -0.384. The van der Waals surface area contributed by atoms with E-state index in [1.165, 1.54) is 24.3 Å². The molecule has 10 heteroatoms. The minimum absolute atomic E-state index is 0.0300. The van der Waals surface area contributed by atoms with Crippen molar-refractivity contribution in [1.82, 2.24) is 10.2 Å². The number of nitro groups is 1. The fourth-order valence-corrected chi connectivity index (χ4v) is 3.59. The second kappa shape index (κ2) is 8.31. The van der Waals surface area contributed by atoms with Gasteiger partial charge in [0, 0.05) is 25.3 Å².